The minimum Gasteiger partial charge on any atom is -0.458 e. The Hall–Kier alpha value is -1.78. The van der Waals surface area contributed by atoms with Crippen LogP contribution in [0.5, 0.6) is 11.5 Å². The zero-order chi connectivity index (χ0) is 16.9. The second-order valence-electron chi connectivity index (χ2n) is 6.24. The molecule has 0 aliphatic heterocycles. The monoisotopic (exact) mass is 310 g/mol. The standard InChI is InChI=1S/C17H26O5/c1-7-13-17(22-15(19)9-11(4)5)16(12(6)20-13)21-14(18)8-10(2)3/h10-11H,7-9H2,1-6H3. The molecular formula is C17H26O5. The van der Waals surface area contributed by atoms with Crippen LogP contribution in [0.25, 0.3) is 0 Å². The fourth-order valence-electron chi connectivity index (χ4n) is 2.00. The Morgan fingerprint density at radius 1 is 0.955 bits per heavy atom. The third-order valence-electron chi connectivity index (χ3n) is 2.96. The number of hydrogen-bond donors (Lipinski definition) is 0. The van der Waals surface area contributed by atoms with Crippen LogP contribution in [0.2, 0.25) is 0 Å². The highest BCUT2D eigenvalue weighted by molar-refractivity contribution is 5.77. The summed E-state index contributed by atoms with van der Waals surface area (Å²) < 4.78 is 16.3. The molecule has 0 unspecified atom stereocenters. The highest BCUT2D eigenvalue weighted by Gasteiger charge is 2.25. The van der Waals surface area contributed by atoms with E-state index in [4.69, 9.17) is 13.9 Å². The molecule has 0 aliphatic rings. The molecule has 0 radical (unpaired) electrons. The second kappa shape index (κ2) is 8.01. The summed E-state index contributed by atoms with van der Waals surface area (Å²) in [6.07, 6.45) is 1.14. The van der Waals surface area contributed by atoms with E-state index < -0.39 is 0 Å². The van der Waals surface area contributed by atoms with Gasteiger partial charge in [-0.1, -0.05) is 34.6 Å². The van der Waals surface area contributed by atoms with Crippen LogP contribution in [0.1, 0.15) is 59.0 Å². The largest absolute Gasteiger partial charge is 0.458 e. The predicted molar refractivity (Wildman–Crippen MR) is 83.0 cm³/mol. The third-order valence-corrected chi connectivity index (χ3v) is 2.96. The SMILES string of the molecule is CCc1oc(C)c(OC(=O)CC(C)C)c1OC(=O)CC(C)C. The number of aryl methyl sites for hydroxylation is 2. The molecule has 0 saturated heterocycles. The quantitative estimate of drug-likeness (QED) is 0.711. The van der Waals surface area contributed by atoms with Crippen LogP contribution in [0.4, 0.5) is 0 Å². The molecule has 0 spiro atoms. The first-order valence-electron chi connectivity index (χ1n) is 7.78. The summed E-state index contributed by atoms with van der Waals surface area (Å²) >= 11 is 0. The van der Waals surface area contributed by atoms with Gasteiger partial charge in [-0.15, -0.1) is 0 Å². The molecule has 22 heavy (non-hydrogen) atoms. The van der Waals surface area contributed by atoms with Crippen molar-refractivity contribution in [3.63, 3.8) is 0 Å². The fourth-order valence-corrected chi connectivity index (χ4v) is 2.00. The first-order chi connectivity index (χ1) is 10.2. The molecule has 1 aromatic rings. The van der Waals surface area contributed by atoms with E-state index in [1.807, 2.05) is 34.6 Å². The van der Waals surface area contributed by atoms with Crippen molar-refractivity contribution >= 4 is 11.9 Å². The van der Waals surface area contributed by atoms with Crippen molar-refractivity contribution in [3.8, 4) is 11.5 Å². The molecule has 0 saturated carbocycles. The molecule has 0 aromatic carbocycles. The molecule has 5 heteroatoms. The van der Waals surface area contributed by atoms with Crippen LogP contribution in [-0.4, -0.2) is 11.9 Å². The van der Waals surface area contributed by atoms with Crippen LogP contribution < -0.4 is 9.47 Å². The number of carbonyl (C=O) groups is 2. The molecule has 0 N–H and O–H groups in total. The van der Waals surface area contributed by atoms with Gasteiger partial charge in [0, 0.05) is 19.3 Å². The topological polar surface area (TPSA) is 65.7 Å². The second-order valence-corrected chi connectivity index (χ2v) is 6.24. The van der Waals surface area contributed by atoms with Gasteiger partial charge in [0.05, 0.1) is 0 Å². The van der Waals surface area contributed by atoms with E-state index in [0.29, 0.717) is 30.8 Å². The maximum atomic E-state index is 11.9. The van der Waals surface area contributed by atoms with Gasteiger partial charge in [-0.25, -0.2) is 0 Å². The van der Waals surface area contributed by atoms with Crippen molar-refractivity contribution < 1.29 is 23.5 Å². The maximum Gasteiger partial charge on any atom is 0.311 e. The van der Waals surface area contributed by atoms with Crippen molar-refractivity contribution in [1.82, 2.24) is 0 Å². The van der Waals surface area contributed by atoms with Gasteiger partial charge in [-0.2, -0.15) is 0 Å². The normalized spacial score (nSPS) is 11.1. The summed E-state index contributed by atoms with van der Waals surface area (Å²) in [7, 11) is 0. The number of carbonyl (C=O) groups excluding carboxylic acids is 2. The van der Waals surface area contributed by atoms with Crippen molar-refractivity contribution in [3.05, 3.63) is 11.5 Å². The molecule has 0 amide bonds. The Morgan fingerprint density at radius 3 is 1.82 bits per heavy atom. The van der Waals surface area contributed by atoms with Crippen molar-refractivity contribution in [2.75, 3.05) is 0 Å². The van der Waals surface area contributed by atoms with Gasteiger partial charge in [-0.3, -0.25) is 9.59 Å². The van der Waals surface area contributed by atoms with Gasteiger partial charge >= 0.3 is 11.9 Å². The van der Waals surface area contributed by atoms with Gasteiger partial charge in [0.1, 0.15) is 5.76 Å². The van der Waals surface area contributed by atoms with Gasteiger partial charge in [0.2, 0.25) is 11.5 Å². The molecule has 0 aliphatic carbocycles. The van der Waals surface area contributed by atoms with Crippen LogP contribution in [0, 0.1) is 18.8 Å². The summed E-state index contributed by atoms with van der Waals surface area (Å²) in [4.78, 5) is 23.8. The zero-order valence-corrected chi connectivity index (χ0v) is 14.3. The van der Waals surface area contributed by atoms with E-state index in [1.54, 1.807) is 6.92 Å². The Labute approximate surface area is 132 Å². The molecule has 1 aromatic heterocycles. The average molecular weight is 310 g/mol. The Balaban J connectivity index is 2.98. The Kier molecular flexibility index (Phi) is 6.65. The van der Waals surface area contributed by atoms with Gasteiger partial charge in [0.25, 0.3) is 0 Å². The molecule has 1 heterocycles. The van der Waals surface area contributed by atoms with E-state index >= 15 is 0 Å². The first kappa shape index (κ1) is 18.3. The Morgan fingerprint density at radius 2 is 1.41 bits per heavy atom. The lowest BCUT2D eigenvalue weighted by Gasteiger charge is -2.09. The van der Waals surface area contributed by atoms with Crippen LogP contribution >= 0.6 is 0 Å². The summed E-state index contributed by atoms with van der Waals surface area (Å²) in [6, 6.07) is 0. The number of furan rings is 1. The van der Waals surface area contributed by atoms with Gasteiger partial charge in [-0.05, 0) is 18.8 Å². The average Bonchev–Trinajstić information content (AvgIpc) is 2.64. The van der Waals surface area contributed by atoms with E-state index in [0.717, 1.165) is 0 Å². The minimum absolute atomic E-state index is 0.192. The van der Waals surface area contributed by atoms with Crippen LogP contribution in [0.3, 0.4) is 0 Å². The summed E-state index contributed by atoms with van der Waals surface area (Å²) in [5.41, 5.74) is 0. The molecule has 0 bridgehead atoms. The van der Waals surface area contributed by atoms with E-state index in [1.165, 1.54) is 0 Å². The number of esters is 2. The molecule has 124 valence electrons. The zero-order valence-electron chi connectivity index (χ0n) is 14.3. The molecule has 0 atom stereocenters. The summed E-state index contributed by atoms with van der Waals surface area (Å²) in [5.74, 6) is 1.09. The highest BCUT2D eigenvalue weighted by atomic mass is 16.6. The molecule has 5 nitrogen and oxygen atoms in total. The predicted octanol–water partition coefficient (Wildman–Crippen LogP) is 4.05. The third kappa shape index (κ3) is 5.20. The molecule has 1 rings (SSSR count). The first-order valence-corrected chi connectivity index (χ1v) is 7.78. The van der Waals surface area contributed by atoms with Gasteiger partial charge in [0.15, 0.2) is 5.76 Å². The van der Waals surface area contributed by atoms with Crippen molar-refractivity contribution in [1.29, 1.82) is 0 Å². The number of ether oxygens (including phenoxy) is 2. The fraction of sp³-hybridized carbons (Fsp3) is 0.647. The lowest BCUT2D eigenvalue weighted by molar-refractivity contribution is -0.138. The van der Waals surface area contributed by atoms with Crippen molar-refractivity contribution in [2.45, 2.75) is 60.8 Å². The minimum atomic E-state index is -0.359. The maximum absolute atomic E-state index is 11.9. The Bertz CT molecular complexity index is 525. The van der Waals surface area contributed by atoms with E-state index in [2.05, 4.69) is 0 Å². The lowest BCUT2D eigenvalue weighted by atomic mass is 10.1. The summed E-state index contributed by atoms with van der Waals surface area (Å²) in [6.45, 7) is 11.3. The summed E-state index contributed by atoms with van der Waals surface area (Å²) in [5, 5.41) is 0. The molecule has 0 fully saturated rings. The van der Waals surface area contributed by atoms with E-state index in [9.17, 15) is 9.59 Å². The van der Waals surface area contributed by atoms with Crippen LogP contribution in [0.15, 0.2) is 4.42 Å². The van der Waals surface area contributed by atoms with Crippen LogP contribution in [-0.2, 0) is 16.0 Å². The van der Waals surface area contributed by atoms with Crippen molar-refractivity contribution in [2.24, 2.45) is 11.8 Å². The van der Waals surface area contributed by atoms with E-state index in [-0.39, 0.29) is 35.3 Å². The molecular weight excluding hydrogens is 284 g/mol. The number of rotatable bonds is 7. The lowest BCUT2D eigenvalue weighted by Crippen LogP contribution is -2.14. The number of hydrogen-bond acceptors (Lipinski definition) is 5. The highest BCUT2D eigenvalue weighted by Crippen LogP contribution is 2.38. The smallest absolute Gasteiger partial charge is 0.311 e. The van der Waals surface area contributed by atoms with Gasteiger partial charge < -0.3 is 13.9 Å².